The third-order valence-corrected chi connectivity index (χ3v) is 3.11. The van der Waals surface area contributed by atoms with Crippen LogP contribution in [0.2, 0.25) is 0 Å². The lowest BCUT2D eigenvalue weighted by Crippen LogP contribution is -2.37. The molecule has 1 unspecified atom stereocenters. The number of likely N-dealkylation sites (tertiary alicyclic amines) is 1. The van der Waals surface area contributed by atoms with Gasteiger partial charge in [-0.3, -0.25) is 4.99 Å². The Morgan fingerprint density at radius 1 is 1.22 bits per heavy atom. The molecule has 108 valence electrons. The van der Waals surface area contributed by atoms with E-state index in [2.05, 4.69) is 41.3 Å². The fourth-order valence-electron chi connectivity index (χ4n) is 2.31. The highest BCUT2D eigenvalue weighted by Gasteiger charge is 2.21. The molecule has 0 amide bonds. The second-order valence-corrected chi connectivity index (χ2v) is 4.71. The van der Waals surface area contributed by atoms with Gasteiger partial charge in [0.2, 0.25) is 0 Å². The van der Waals surface area contributed by atoms with Crippen LogP contribution >= 0.6 is 24.0 Å². The summed E-state index contributed by atoms with van der Waals surface area (Å²) in [4.78, 5) is 7.20. The van der Waals surface area contributed by atoms with Crippen molar-refractivity contribution in [3.05, 3.63) is 0 Å². The zero-order chi connectivity index (χ0) is 12.5. The lowest BCUT2D eigenvalue weighted by Gasteiger charge is -2.14. The van der Waals surface area contributed by atoms with E-state index in [4.69, 9.17) is 0 Å². The predicted octanol–water partition coefficient (Wildman–Crippen LogP) is 1.91. The van der Waals surface area contributed by atoms with Gasteiger partial charge in [-0.15, -0.1) is 24.0 Å². The van der Waals surface area contributed by atoms with Crippen LogP contribution in [-0.4, -0.2) is 50.1 Å². The highest BCUT2D eigenvalue weighted by atomic mass is 127. The molecule has 1 atom stereocenters. The Labute approximate surface area is 129 Å². The first-order valence-electron chi connectivity index (χ1n) is 7.04. The number of rotatable bonds is 6. The third-order valence-electron chi connectivity index (χ3n) is 3.11. The summed E-state index contributed by atoms with van der Waals surface area (Å²) >= 11 is 0. The molecule has 5 heteroatoms. The van der Waals surface area contributed by atoms with Crippen LogP contribution in [0, 0.1) is 5.92 Å². The number of halogens is 1. The molecule has 0 bridgehead atoms. The number of aliphatic imine (C=N–C) groups is 1. The Balaban J connectivity index is 0.00000289. The summed E-state index contributed by atoms with van der Waals surface area (Å²) in [5.41, 5.74) is 0. The van der Waals surface area contributed by atoms with E-state index in [9.17, 15) is 0 Å². The van der Waals surface area contributed by atoms with Gasteiger partial charge in [0.1, 0.15) is 0 Å². The van der Waals surface area contributed by atoms with E-state index in [1.54, 1.807) is 0 Å². The minimum absolute atomic E-state index is 0. The average molecular weight is 368 g/mol. The van der Waals surface area contributed by atoms with Crippen LogP contribution in [0.5, 0.6) is 0 Å². The minimum Gasteiger partial charge on any atom is -0.357 e. The number of guanidine groups is 1. The number of hydrogen-bond donors (Lipinski definition) is 2. The molecule has 2 N–H and O–H groups in total. The fourth-order valence-corrected chi connectivity index (χ4v) is 2.31. The highest BCUT2D eigenvalue weighted by molar-refractivity contribution is 14.0. The topological polar surface area (TPSA) is 39.7 Å². The first-order valence-corrected chi connectivity index (χ1v) is 7.04. The smallest absolute Gasteiger partial charge is 0.191 e. The molecule has 0 aliphatic carbocycles. The van der Waals surface area contributed by atoms with Crippen LogP contribution in [0.1, 0.15) is 33.6 Å². The Hall–Kier alpha value is -0.0400. The quantitative estimate of drug-likeness (QED) is 0.428. The number of nitrogens with zero attached hydrogens (tertiary/aromatic N) is 2. The minimum atomic E-state index is 0. The molecular weight excluding hydrogens is 339 g/mol. The normalized spacial score (nSPS) is 19.2. The van der Waals surface area contributed by atoms with Gasteiger partial charge in [0.25, 0.3) is 0 Å². The Morgan fingerprint density at radius 3 is 2.44 bits per heavy atom. The van der Waals surface area contributed by atoms with E-state index in [-0.39, 0.29) is 24.0 Å². The molecular formula is C13H29IN4. The fraction of sp³-hybridized carbons (Fsp3) is 0.923. The summed E-state index contributed by atoms with van der Waals surface area (Å²) in [5, 5.41) is 6.54. The summed E-state index contributed by atoms with van der Waals surface area (Å²) in [6.45, 7) is 13.0. The highest BCUT2D eigenvalue weighted by Crippen LogP contribution is 2.16. The van der Waals surface area contributed by atoms with Crippen molar-refractivity contribution in [3.8, 4) is 0 Å². The summed E-state index contributed by atoms with van der Waals surface area (Å²) in [5.74, 6) is 1.71. The van der Waals surface area contributed by atoms with Gasteiger partial charge in [-0.2, -0.15) is 0 Å². The van der Waals surface area contributed by atoms with E-state index >= 15 is 0 Å². The zero-order valence-corrected chi connectivity index (χ0v) is 14.4. The molecule has 1 heterocycles. The maximum absolute atomic E-state index is 4.65. The summed E-state index contributed by atoms with van der Waals surface area (Å²) < 4.78 is 0. The molecule has 1 aliphatic heterocycles. The number of hydrogen-bond acceptors (Lipinski definition) is 2. The van der Waals surface area contributed by atoms with Gasteiger partial charge in [-0.1, -0.05) is 6.92 Å². The van der Waals surface area contributed by atoms with E-state index in [1.807, 2.05) is 0 Å². The van der Waals surface area contributed by atoms with Crippen LogP contribution < -0.4 is 10.6 Å². The predicted molar refractivity (Wildman–Crippen MR) is 89.9 cm³/mol. The first-order chi connectivity index (χ1) is 8.30. The molecule has 0 spiro atoms. The molecule has 1 rings (SSSR count). The van der Waals surface area contributed by atoms with Crippen molar-refractivity contribution in [2.24, 2.45) is 10.9 Å². The van der Waals surface area contributed by atoms with Crippen molar-refractivity contribution in [2.45, 2.75) is 33.6 Å². The lowest BCUT2D eigenvalue weighted by atomic mass is 10.1. The van der Waals surface area contributed by atoms with Gasteiger partial charge in [-0.25, -0.2) is 0 Å². The zero-order valence-electron chi connectivity index (χ0n) is 12.0. The molecule has 1 fully saturated rings. The van der Waals surface area contributed by atoms with Gasteiger partial charge >= 0.3 is 0 Å². The summed E-state index contributed by atoms with van der Waals surface area (Å²) in [6.07, 6.45) is 2.56. The molecule has 0 radical (unpaired) electrons. The standard InChI is InChI=1S/C13H28N4.HI/c1-4-8-17-9-7-12(11-17)10-16-13(14-5-2)15-6-3;/h12H,4-11H2,1-3H3,(H2,14,15,16);1H. The number of nitrogens with one attached hydrogen (secondary N) is 2. The monoisotopic (exact) mass is 368 g/mol. The van der Waals surface area contributed by atoms with Crippen LogP contribution in [0.3, 0.4) is 0 Å². The summed E-state index contributed by atoms with van der Waals surface area (Å²) in [6, 6.07) is 0. The molecule has 18 heavy (non-hydrogen) atoms. The molecule has 1 aliphatic rings. The summed E-state index contributed by atoms with van der Waals surface area (Å²) in [7, 11) is 0. The maximum Gasteiger partial charge on any atom is 0.191 e. The van der Waals surface area contributed by atoms with Crippen molar-refractivity contribution in [2.75, 3.05) is 39.3 Å². The van der Waals surface area contributed by atoms with Crippen molar-refractivity contribution in [1.82, 2.24) is 15.5 Å². The Bertz CT molecular complexity index is 225. The Morgan fingerprint density at radius 2 is 1.89 bits per heavy atom. The van der Waals surface area contributed by atoms with Crippen LogP contribution in [-0.2, 0) is 0 Å². The SMILES string of the molecule is CCCN1CCC(CN=C(NCC)NCC)C1.I. The van der Waals surface area contributed by atoms with Crippen LogP contribution in [0.25, 0.3) is 0 Å². The molecule has 0 aromatic carbocycles. The van der Waals surface area contributed by atoms with Gasteiger partial charge in [0.15, 0.2) is 5.96 Å². The van der Waals surface area contributed by atoms with Crippen molar-refractivity contribution >= 4 is 29.9 Å². The molecule has 4 nitrogen and oxygen atoms in total. The van der Waals surface area contributed by atoms with Crippen molar-refractivity contribution in [1.29, 1.82) is 0 Å². The van der Waals surface area contributed by atoms with E-state index in [1.165, 1.54) is 32.5 Å². The molecule has 0 aromatic heterocycles. The molecule has 0 saturated carbocycles. The van der Waals surface area contributed by atoms with Gasteiger partial charge in [0.05, 0.1) is 0 Å². The van der Waals surface area contributed by atoms with Crippen molar-refractivity contribution < 1.29 is 0 Å². The van der Waals surface area contributed by atoms with E-state index < -0.39 is 0 Å². The first kappa shape index (κ1) is 18.0. The second-order valence-electron chi connectivity index (χ2n) is 4.71. The van der Waals surface area contributed by atoms with E-state index in [0.717, 1.165) is 31.5 Å². The van der Waals surface area contributed by atoms with Crippen LogP contribution in [0.4, 0.5) is 0 Å². The van der Waals surface area contributed by atoms with Gasteiger partial charge < -0.3 is 15.5 Å². The van der Waals surface area contributed by atoms with E-state index in [0.29, 0.717) is 0 Å². The largest absolute Gasteiger partial charge is 0.357 e. The Kier molecular flexibility index (Phi) is 10.8. The average Bonchev–Trinajstić information content (AvgIpc) is 2.75. The lowest BCUT2D eigenvalue weighted by molar-refractivity contribution is 0.326. The van der Waals surface area contributed by atoms with Gasteiger partial charge in [-0.05, 0) is 45.7 Å². The van der Waals surface area contributed by atoms with Gasteiger partial charge in [0, 0.05) is 26.2 Å². The maximum atomic E-state index is 4.65. The molecule has 0 aromatic rings. The van der Waals surface area contributed by atoms with Crippen molar-refractivity contribution in [3.63, 3.8) is 0 Å². The second kappa shape index (κ2) is 10.8. The molecule has 1 saturated heterocycles. The third kappa shape index (κ3) is 6.78. The van der Waals surface area contributed by atoms with Crippen LogP contribution in [0.15, 0.2) is 4.99 Å².